The lowest BCUT2D eigenvalue weighted by Gasteiger charge is -2.05. The molecular formula is C13H14N4O3. The standard InChI is InChI=1S/C13H14N4O3/c1-8-4-3-5-10(6-8)16-13(19)12(18)14-7-11-15-9(2)17-20-11/h3-6H,7H2,1-2H3,(H,14,18)(H,16,19). The highest BCUT2D eigenvalue weighted by Crippen LogP contribution is 2.09. The Morgan fingerprint density at radius 1 is 1.25 bits per heavy atom. The van der Waals surface area contributed by atoms with Crippen LogP contribution in [0.5, 0.6) is 0 Å². The fourth-order valence-corrected chi connectivity index (χ4v) is 1.56. The minimum absolute atomic E-state index is 0.0148. The first-order chi connectivity index (χ1) is 9.54. The number of amides is 2. The van der Waals surface area contributed by atoms with Gasteiger partial charge in [-0.15, -0.1) is 0 Å². The van der Waals surface area contributed by atoms with Crippen molar-refractivity contribution >= 4 is 17.5 Å². The highest BCUT2D eigenvalue weighted by Gasteiger charge is 2.14. The van der Waals surface area contributed by atoms with E-state index in [-0.39, 0.29) is 12.4 Å². The van der Waals surface area contributed by atoms with Crippen LogP contribution < -0.4 is 10.6 Å². The second kappa shape index (κ2) is 5.96. The van der Waals surface area contributed by atoms with Crippen LogP contribution in [0.15, 0.2) is 28.8 Å². The van der Waals surface area contributed by atoms with Crippen molar-refractivity contribution in [3.8, 4) is 0 Å². The van der Waals surface area contributed by atoms with E-state index in [1.165, 1.54) is 0 Å². The molecule has 0 spiro atoms. The molecule has 104 valence electrons. The van der Waals surface area contributed by atoms with Gasteiger partial charge in [-0.05, 0) is 31.5 Å². The molecule has 20 heavy (non-hydrogen) atoms. The highest BCUT2D eigenvalue weighted by atomic mass is 16.5. The van der Waals surface area contributed by atoms with Crippen LogP contribution in [0.1, 0.15) is 17.3 Å². The number of rotatable bonds is 3. The summed E-state index contributed by atoms with van der Waals surface area (Å²) in [5, 5.41) is 8.48. The summed E-state index contributed by atoms with van der Waals surface area (Å²) in [4.78, 5) is 27.2. The summed E-state index contributed by atoms with van der Waals surface area (Å²) in [6.07, 6.45) is 0. The van der Waals surface area contributed by atoms with Gasteiger partial charge in [-0.2, -0.15) is 4.98 Å². The SMILES string of the molecule is Cc1cccc(NC(=O)C(=O)NCc2nc(C)no2)c1. The van der Waals surface area contributed by atoms with Crippen molar-refractivity contribution in [2.24, 2.45) is 0 Å². The maximum atomic E-state index is 11.7. The normalized spacial score (nSPS) is 10.1. The third-order valence-electron chi connectivity index (χ3n) is 2.45. The molecule has 0 aliphatic carbocycles. The Bertz CT molecular complexity index is 636. The van der Waals surface area contributed by atoms with Gasteiger partial charge >= 0.3 is 11.8 Å². The van der Waals surface area contributed by atoms with Gasteiger partial charge in [0, 0.05) is 5.69 Å². The largest absolute Gasteiger partial charge is 0.339 e. The maximum Gasteiger partial charge on any atom is 0.313 e. The zero-order valence-corrected chi connectivity index (χ0v) is 11.1. The molecule has 0 aliphatic rings. The predicted octanol–water partition coefficient (Wildman–Crippen LogP) is 0.941. The quantitative estimate of drug-likeness (QED) is 0.812. The third-order valence-corrected chi connectivity index (χ3v) is 2.45. The molecule has 7 heteroatoms. The lowest BCUT2D eigenvalue weighted by Crippen LogP contribution is -2.35. The van der Waals surface area contributed by atoms with E-state index in [1.54, 1.807) is 25.1 Å². The number of hydrogen-bond acceptors (Lipinski definition) is 5. The number of anilines is 1. The number of benzene rings is 1. The van der Waals surface area contributed by atoms with Gasteiger partial charge in [0.1, 0.15) is 0 Å². The molecule has 2 N–H and O–H groups in total. The first kappa shape index (κ1) is 13.7. The molecule has 1 aromatic carbocycles. The Morgan fingerprint density at radius 2 is 2.05 bits per heavy atom. The van der Waals surface area contributed by atoms with E-state index in [1.807, 2.05) is 13.0 Å². The highest BCUT2D eigenvalue weighted by molar-refractivity contribution is 6.39. The summed E-state index contributed by atoms with van der Waals surface area (Å²) in [6.45, 7) is 3.58. The fraction of sp³-hybridized carbons (Fsp3) is 0.231. The lowest BCUT2D eigenvalue weighted by atomic mass is 10.2. The summed E-state index contributed by atoms with van der Waals surface area (Å²) in [7, 11) is 0. The van der Waals surface area contributed by atoms with Crippen LogP contribution in [0.25, 0.3) is 0 Å². The third kappa shape index (κ3) is 3.64. The number of aryl methyl sites for hydroxylation is 2. The summed E-state index contributed by atoms with van der Waals surface area (Å²) in [5.41, 5.74) is 1.56. The van der Waals surface area contributed by atoms with Gasteiger partial charge in [0.2, 0.25) is 5.89 Å². The van der Waals surface area contributed by atoms with Gasteiger partial charge in [0.15, 0.2) is 5.82 Å². The van der Waals surface area contributed by atoms with Crippen molar-refractivity contribution in [3.63, 3.8) is 0 Å². The van der Waals surface area contributed by atoms with E-state index in [0.29, 0.717) is 11.5 Å². The van der Waals surface area contributed by atoms with Gasteiger partial charge in [-0.3, -0.25) is 9.59 Å². The summed E-state index contributed by atoms with van der Waals surface area (Å²) < 4.78 is 4.82. The van der Waals surface area contributed by atoms with E-state index in [2.05, 4.69) is 20.8 Å². The molecule has 0 aliphatic heterocycles. The van der Waals surface area contributed by atoms with Crippen LogP contribution in [0.4, 0.5) is 5.69 Å². The first-order valence-electron chi connectivity index (χ1n) is 5.99. The van der Waals surface area contributed by atoms with Crippen LogP contribution in [-0.2, 0) is 16.1 Å². The van der Waals surface area contributed by atoms with Crippen LogP contribution in [-0.4, -0.2) is 22.0 Å². The molecule has 0 unspecified atom stereocenters. The van der Waals surface area contributed by atoms with Crippen LogP contribution in [0.2, 0.25) is 0 Å². The number of nitrogens with one attached hydrogen (secondary N) is 2. The second-order valence-corrected chi connectivity index (χ2v) is 4.24. The molecule has 2 rings (SSSR count). The smallest absolute Gasteiger partial charge is 0.313 e. The molecule has 7 nitrogen and oxygen atoms in total. The number of aromatic nitrogens is 2. The monoisotopic (exact) mass is 274 g/mol. The number of hydrogen-bond donors (Lipinski definition) is 2. The van der Waals surface area contributed by atoms with Gasteiger partial charge in [0.25, 0.3) is 0 Å². The van der Waals surface area contributed by atoms with Crippen molar-refractivity contribution < 1.29 is 14.1 Å². The van der Waals surface area contributed by atoms with Crippen molar-refractivity contribution in [2.75, 3.05) is 5.32 Å². The average Bonchev–Trinajstić information content (AvgIpc) is 2.81. The lowest BCUT2D eigenvalue weighted by molar-refractivity contribution is -0.136. The average molecular weight is 274 g/mol. The Labute approximate surface area is 115 Å². The number of carbonyl (C=O) groups excluding carboxylic acids is 2. The molecule has 0 fully saturated rings. The van der Waals surface area contributed by atoms with Gasteiger partial charge < -0.3 is 15.2 Å². The van der Waals surface area contributed by atoms with Crippen LogP contribution in [0.3, 0.4) is 0 Å². The van der Waals surface area contributed by atoms with E-state index in [0.717, 1.165) is 5.56 Å². The number of nitrogens with zero attached hydrogens (tertiary/aromatic N) is 2. The van der Waals surface area contributed by atoms with Crippen molar-refractivity contribution in [1.29, 1.82) is 0 Å². The Hall–Kier alpha value is -2.70. The predicted molar refractivity (Wildman–Crippen MR) is 70.7 cm³/mol. The molecule has 0 saturated heterocycles. The Morgan fingerprint density at radius 3 is 2.70 bits per heavy atom. The van der Waals surface area contributed by atoms with Crippen molar-refractivity contribution in [3.05, 3.63) is 41.5 Å². The molecular weight excluding hydrogens is 260 g/mol. The van der Waals surface area contributed by atoms with Crippen molar-refractivity contribution in [2.45, 2.75) is 20.4 Å². The molecule has 1 aromatic heterocycles. The molecule has 0 atom stereocenters. The van der Waals surface area contributed by atoms with E-state index < -0.39 is 11.8 Å². The fourth-order valence-electron chi connectivity index (χ4n) is 1.56. The van der Waals surface area contributed by atoms with Crippen molar-refractivity contribution in [1.82, 2.24) is 15.5 Å². The summed E-state index contributed by atoms with van der Waals surface area (Å²) >= 11 is 0. The van der Waals surface area contributed by atoms with E-state index in [9.17, 15) is 9.59 Å². The molecule has 2 amide bonds. The van der Waals surface area contributed by atoms with Gasteiger partial charge in [0.05, 0.1) is 6.54 Å². The Balaban J connectivity index is 1.87. The first-order valence-corrected chi connectivity index (χ1v) is 5.99. The Kier molecular flexibility index (Phi) is 4.09. The topological polar surface area (TPSA) is 97.1 Å². The van der Waals surface area contributed by atoms with Gasteiger partial charge in [-0.25, -0.2) is 0 Å². The van der Waals surface area contributed by atoms with Crippen LogP contribution in [0, 0.1) is 13.8 Å². The molecule has 2 aromatic rings. The zero-order valence-electron chi connectivity index (χ0n) is 11.1. The summed E-state index contributed by atoms with van der Waals surface area (Å²) in [5.74, 6) is -0.785. The molecule has 0 bridgehead atoms. The molecule has 0 radical (unpaired) electrons. The maximum absolute atomic E-state index is 11.7. The molecule has 1 heterocycles. The minimum atomic E-state index is -0.762. The molecule has 0 saturated carbocycles. The number of carbonyl (C=O) groups is 2. The minimum Gasteiger partial charge on any atom is -0.339 e. The zero-order chi connectivity index (χ0) is 14.5. The van der Waals surface area contributed by atoms with E-state index in [4.69, 9.17) is 4.52 Å². The van der Waals surface area contributed by atoms with Gasteiger partial charge in [-0.1, -0.05) is 17.3 Å². The van der Waals surface area contributed by atoms with E-state index >= 15 is 0 Å². The second-order valence-electron chi connectivity index (χ2n) is 4.24. The van der Waals surface area contributed by atoms with Crippen LogP contribution >= 0.6 is 0 Å². The summed E-state index contributed by atoms with van der Waals surface area (Å²) in [6, 6.07) is 7.17.